The summed E-state index contributed by atoms with van der Waals surface area (Å²) in [6, 6.07) is 18.6. The fraction of sp³-hybridized carbons (Fsp3) is 0.0800. The lowest BCUT2D eigenvalue weighted by Crippen LogP contribution is -2.20. The fourth-order valence-electron chi connectivity index (χ4n) is 2.90. The Morgan fingerprint density at radius 2 is 1.80 bits per heavy atom. The van der Waals surface area contributed by atoms with Crippen LogP contribution in [0, 0.1) is 14.9 Å². The fourth-order valence-corrected chi connectivity index (χ4v) is 3.99. The summed E-state index contributed by atoms with van der Waals surface area (Å²) in [5.74, 6) is -0.271. The molecule has 0 aliphatic heterocycles. The third-order valence-corrected chi connectivity index (χ3v) is 5.91. The molecule has 0 bridgehead atoms. The molecule has 0 aromatic heterocycles. The molecule has 3 aromatic rings. The number of nitrogens with zero attached hydrogens (tertiary/aromatic N) is 1. The minimum absolute atomic E-state index is 0.126. The minimum atomic E-state index is -0.603. The van der Waals surface area contributed by atoms with E-state index in [1.807, 2.05) is 28.7 Å². The van der Waals surface area contributed by atoms with E-state index in [1.165, 1.54) is 13.2 Å². The van der Waals surface area contributed by atoms with Crippen molar-refractivity contribution < 1.29 is 19.1 Å². The Labute approximate surface area is 225 Å². The van der Waals surface area contributed by atoms with Gasteiger partial charge in [0.05, 0.1) is 21.4 Å². The number of methoxy groups -OCH3 is 1. The number of halogens is 3. The van der Waals surface area contributed by atoms with Crippen molar-refractivity contribution >= 4 is 75.1 Å². The standard InChI is InChI=1S/C25H18Cl2IN3O4/c1-34-22-12-15(10-16(13-29)25(33)31-21-5-3-2-4-19(21)27)11-20(28)24(22)35-14-23(32)30-18-8-6-17(26)7-9-18/h2-12H,14H2,1H3,(H,30,32)(H,31,33)/b16-10+. The second-order valence-corrected chi connectivity index (χ2v) is 8.99. The maximum Gasteiger partial charge on any atom is 0.266 e. The SMILES string of the molecule is COc1cc(/C=C(\C#N)C(=O)Nc2ccccc2Cl)cc(I)c1OCC(=O)Nc1ccc(Cl)cc1. The largest absolute Gasteiger partial charge is 0.493 e. The number of hydrogen-bond acceptors (Lipinski definition) is 5. The summed E-state index contributed by atoms with van der Waals surface area (Å²) in [7, 11) is 1.45. The molecule has 2 amide bonds. The van der Waals surface area contributed by atoms with E-state index in [2.05, 4.69) is 10.6 Å². The van der Waals surface area contributed by atoms with Gasteiger partial charge >= 0.3 is 0 Å². The number of nitriles is 1. The summed E-state index contributed by atoms with van der Waals surface area (Å²) < 4.78 is 11.7. The molecule has 0 aliphatic rings. The first-order chi connectivity index (χ1) is 16.8. The zero-order valence-corrected chi connectivity index (χ0v) is 21.9. The molecule has 0 fully saturated rings. The molecule has 0 unspecified atom stereocenters. The Bertz CT molecular complexity index is 1320. The third-order valence-electron chi connectivity index (χ3n) is 4.53. The topological polar surface area (TPSA) is 100 Å². The van der Waals surface area contributed by atoms with Crippen molar-refractivity contribution in [3.63, 3.8) is 0 Å². The van der Waals surface area contributed by atoms with Crippen LogP contribution in [0.2, 0.25) is 10.0 Å². The van der Waals surface area contributed by atoms with E-state index in [0.29, 0.717) is 42.1 Å². The number of para-hydroxylation sites is 1. The number of benzene rings is 3. The molecule has 7 nitrogen and oxygen atoms in total. The normalized spacial score (nSPS) is 10.8. The quantitative estimate of drug-likeness (QED) is 0.178. The average Bonchev–Trinajstić information content (AvgIpc) is 2.84. The first kappa shape index (κ1) is 26.3. The number of amides is 2. The van der Waals surface area contributed by atoms with Crippen molar-refractivity contribution in [3.8, 4) is 17.6 Å². The van der Waals surface area contributed by atoms with Gasteiger partial charge in [0, 0.05) is 10.7 Å². The highest BCUT2D eigenvalue weighted by Gasteiger charge is 2.16. The molecule has 0 saturated carbocycles. The molecular weight excluding hydrogens is 604 g/mol. The maximum absolute atomic E-state index is 12.6. The van der Waals surface area contributed by atoms with E-state index in [-0.39, 0.29) is 18.1 Å². The molecule has 0 heterocycles. The van der Waals surface area contributed by atoms with Gasteiger partial charge in [-0.3, -0.25) is 9.59 Å². The monoisotopic (exact) mass is 621 g/mol. The zero-order chi connectivity index (χ0) is 25.4. The smallest absolute Gasteiger partial charge is 0.266 e. The molecule has 2 N–H and O–H groups in total. The number of ether oxygens (including phenoxy) is 2. The lowest BCUT2D eigenvalue weighted by molar-refractivity contribution is -0.118. The Hall–Kier alpha value is -3.26. The second kappa shape index (κ2) is 12.4. The lowest BCUT2D eigenvalue weighted by atomic mass is 10.1. The number of carbonyl (C=O) groups is 2. The van der Waals surface area contributed by atoms with Crippen LogP contribution in [0.1, 0.15) is 5.56 Å². The first-order valence-electron chi connectivity index (χ1n) is 10.0. The molecule has 3 rings (SSSR count). The van der Waals surface area contributed by atoms with Crippen LogP contribution in [0.25, 0.3) is 6.08 Å². The van der Waals surface area contributed by atoms with Gasteiger partial charge in [0.2, 0.25) is 0 Å². The van der Waals surface area contributed by atoms with Gasteiger partial charge in [-0.25, -0.2) is 0 Å². The molecule has 0 saturated heterocycles. The summed E-state index contributed by atoms with van der Waals surface area (Å²) in [5.41, 5.74) is 1.39. The Kier molecular flexibility index (Phi) is 9.37. The molecule has 0 radical (unpaired) electrons. The molecular formula is C25H18Cl2IN3O4. The van der Waals surface area contributed by atoms with Crippen LogP contribution in [0.3, 0.4) is 0 Å². The minimum Gasteiger partial charge on any atom is -0.493 e. The van der Waals surface area contributed by atoms with E-state index in [0.717, 1.165) is 0 Å². The molecule has 0 spiro atoms. The molecule has 178 valence electrons. The van der Waals surface area contributed by atoms with Gasteiger partial charge in [-0.15, -0.1) is 0 Å². The van der Waals surface area contributed by atoms with Crippen LogP contribution >= 0.6 is 45.8 Å². The molecule has 35 heavy (non-hydrogen) atoms. The van der Waals surface area contributed by atoms with Crippen LogP contribution in [-0.4, -0.2) is 25.5 Å². The summed E-state index contributed by atoms with van der Waals surface area (Å²) in [6.45, 7) is -0.256. The van der Waals surface area contributed by atoms with Crippen LogP contribution in [0.5, 0.6) is 11.5 Å². The predicted octanol–water partition coefficient (Wildman–Crippen LogP) is 6.17. The van der Waals surface area contributed by atoms with Crippen molar-refractivity contribution in [1.29, 1.82) is 5.26 Å². The molecule has 10 heteroatoms. The van der Waals surface area contributed by atoms with Gasteiger partial charge in [0.15, 0.2) is 18.1 Å². The van der Waals surface area contributed by atoms with Gasteiger partial charge in [0.1, 0.15) is 11.6 Å². The van der Waals surface area contributed by atoms with Crippen molar-refractivity contribution in [3.05, 3.63) is 85.4 Å². The van der Waals surface area contributed by atoms with Crippen molar-refractivity contribution in [2.24, 2.45) is 0 Å². The van der Waals surface area contributed by atoms with E-state index in [9.17, 15) is 14.9 Å². The van der Waals surface area contributed by atoms with Gasteiger partial charge in [-0.2, -0.15) is 5.26 Å². The summed E-state index contributed by atoms with van der Waals surface area (Å²) >= 11 is 14.0. The molecule has 0 atom stereocenters. The van der Waals surface area contributed by atoms with Crippen molar-refractivity contribution in [2.75, 3.05) is 24.4 Å². The maximum atomic E-state index is 12.6. The van der Waals surface area contributed by atoms with Crippen molar-refractivity contribution in [1.82, 2.24) is 0 Å². The van der Waals surface area contributed by atoms with E-state index in [1.54, 1.807) is 60.7 Å². The highest BCUT2D eigenvalue weighted by molar-refractivity contribution is 14.1. The van der Waals surface area contributed by atoms with Crippen LogP contribution in [0.4, 0.5) is 11.4 Å². The van der Waals surface area contributed by atoms with Crippen LogP contribution < -0.4 is 20.1 Å². The van der Waals surface area contributed by atoms with Crippen molar-refractivity contribution in [2.45, 2.75) is 0 Å². The summed E-state index contributed by atoms with van der Waals surface area (Å²) in [5, 5.41) is 15.8. The predicted molar refractivity (Wildman–Crippen MR) is 145 cm³/mol. The number of rotatable bonds is 8. The molecule has 3 aromatic carbocycles. The Morgan fingerprint density at radius 3 is 2.46 bits per heavy atom. The van der Waals surface area contributed by atoms with Gasteiger partial charge in [-0.05, 0) is 82.8 Å². The second-order valence-electron chi connectivity index (χ2n) is 6.98. The number of hydrogen-bond donors (Lipinski definition) is 2. The average molecular weight is 622 g/mol. The number of carbonyl (C=O) groups excluding carboxylic acids is 2. The number of anilines is 2. The van der Waals surface area contributed by atoms with Gasteiger partial charge in [-0.1, -0.05) is 35.3 Å². The third kappa shape index (κ3) is 7.36. The van der Waals surface area contributed by atoms with Gasteiger partial charge in [0.25, 0.3) is 11.8 Å². The zero-order valence-electron chi connectivity index (χ0n) is 18.3. The Morgan fingerprint density at radius 1 is 1.09 bits per heavy atom. The van der Waals surface area contributed by atoms with Crippen LogP contribution in [-0.2, 0) is 9.59 Å². The van der Waals surface area contributed by atoms with E-state index in [4.69, 9.17) is 32.7 Å². The molecule has 0 aliphatic carbocycles. The highest BCUT2D eigenvalue weighted by Crippen LogP contribution is 2.35. The van der Waals surface area contributed by atoms with E-state index >= 15 is 0 Å². The summed E-state index contributed by atoms with van der Waals surface area (Å²) in [4.78, 5) is 24.9. The van der Waals surface area contributed by atoms with E-state index < -0.39 is 5.91 Å². The summed E-state index contributed by atoms with van der Waals surface area (Å²) in [6.07, 6.45) is 1.42. The Balaban J connectivity index is 1.74. The lowest BCUT2D eigenvalue weighted by Gasteiger charge is -2.14. The van der Waals surface area contributed by atoms with Crippen LogP contribution in [0.15, 0.2) is 66.2 Å². The van der Waals surface area contributed by atoms with Gasteiger partial charge < -0.3 is 20.1 Å². The highest BCUT2D eigenvalue weighted by atomic mass is 127. The number of nitrogens with one attached hydrogen (secondary N) is 2. The first-order valence-corrected chi connectivity index (χ1v) is 11.9.